The highest BCUT2D eigenvalue weighted by atomic mass is 32.1. The Morgan fingerprint density at radius 3 is 2.00 bits per heavy atom. The number of amides is 2. The van der Waals surface area contributed by atoms with Crippen molar-refractivity contribution in [1.29, 1.82) is 0 Å². The Kier molecular flexibility index (Phi) is 23.1. The molecule has 40 heavy (non-hydrogen) atoms. The number of aromatic nitrogens is 1. The SMILES string of the molecule is C=C(/C=C\C=C/C)Cn1c(CC)c(C(C)=O)c2ccccc21.CC.COCC(N)=O.NC=O.Sc1ccccc1. The van der Waals surface area contributed by atoms with Gasteiger partial charge in [-0.15, -0.1) is 12.6 Å². The number of benzene rings is 2. The van der Waals surface area contributed by atoms with Crippen molar-refractivity contribution in [2.45, 2.75) is 52.5 Å². The molecule has 0 saturated heterocycles. The van der Waals surface area contributed by atoms with Gasteiger partial charge in [-0.05, 0) is 44.0 Å². The average Bonchev–Trinajstić information content (AvgIpc) is 3.25. The van der Waals surface area contributed by atoms with Gasteiger partial charge in [-0.1, -0.05) is 88.1 Å². The highest BCUT2D eigenvalue weighted by Crippen LogP contribution is 2.28. The van der Waals surface area contributed by atoms with E-state index in [4.69, 9.17) is 4.79 Å². The van der Waals surface area contributed by atoms with Gasteiger partial charge in [0.15, 0.2) is 5.78 Å². The zero-order valence-electron chi connectivity index (χ0n) is 24.6. The smallest absolute Gasteiger partial charge is 0.243 e. The Morgan fingerprint density at radius 1 is 1.05 bits per heavy atom. The molecule has 0 aliphatic rings. The molecule has 8 heteroatoms. The van der Waals surface area contributed by atoms with E-state index in [2.05, 4.69) is 53.0 Å². The van der Waals surface area contributed by atoms with E-state index >= 15 is 0 Å². The normalized spacial score (nSPS) is 9.68. The van der Waals surface area contributed by atoms with E-state index in [-0.39, 0.29) is 18.8 Å². The van der Waals surface area contributed by atoms with Crippen molar-refractivity contribution in [3.63, 3.8) is 0 Å². The zero-order chi connectivity index (χ0) is 30.9. The molecule has 7 nitrogen and oxygen atoms in total. The molecule has 0 saturated carbocycles. The largest absolute Gasteiger partial charge is 0.375 e. The molecular formula is C32H45N3O4S. The number of allylic oxidation sites excluding steroid dienone is 5. The molecule has 0 unspecified atom stereocenters. The number of ether oxygens (including phenoxy) is 1. The fraction of sp³-hybridized carbons (Fsp3) is 0.281. The third-order valence-electron chi connectivity index (χ3n) is 4.81. The number of fused-ring (bicyclic) bond motifs is 1. The third kappa shape index (κ3) is 15.5. The fourth-order valence-electron chi connectivity index (χ4n) is 3.43. The summed E-state index contributed by atoms with van der Waals surface area (Å²) in [6, 6.07) is 17.9. The monoisotopic (exact) mass is 567 g/mol. The summed E-state index contributed by atoms with van der Waals surface area (Å²) in [6.07, 6.45) is 9.06. The first kappa shape index (κ1) is 38.3. The molecule has 0 fully saturated rings. The molecule has 0 spiro atoms. The number of para-hydroxylation sites is 1. The van der Waals surface area contributed by atoms with E-state index in [0.29, 0.717) is 6.54 Å². The van der Waals surface area contributed by atoms with Crippen LogP contribution in [0, 0.1) is 0 Å². The summed E-state index contributed by atoms with van der Waals surface area (Å²) < 4.78 is 6.55. The molecule has 0 bridgehead atoms. The molecule has 3 aromatic rings. The van der Waals surface area contributed by atoms with E-state index in [1.807, 2.05) is 93.6 Å². The summed E-state index contributed by atoms with van der Waals surface area (Å²) in [5, 5.41) is 1.04. The average molecular weight is 568 g/mol. The Morgan fingerprint density at radius 2 is 1.60 bits per heavy atom. The van der Waals surface area contributed by atoms with E-state index in [1.165, 1.54) is 7.11 Å². The number of hydrogen-bond donors (Lipinski definition) is 3. The van der Waals surface area contributed by atoms with Crippen LogP contribution in [0.2, 0.25) is 0 Å². The molecule has 0 aliphatic heterocycles. The van der Waals surface area contributed by atoms with Gasteiger partial charge in [-0.2, -0.15) is 0 Å². The van der Waals surface area contributed by atoms with Crippen molar-refractivity contribution in [3.05, 3.63) is 102 Å². The van der Waals surface area contributed by atoms with Gasteiger partial charge in [0.05, 0.1) is 0 Å². The second-order valence-electron chi connectivity index (χ2n) is 7.75. The molecule has 0 radical (unpaired) electrons. The van der Waals surface area contributed by atoms with Gasteiger partial charge in [-0.25, -0.2) is 0 Å². The first-order valence-corrected chi connectivity index (χ1v) is 13.4. The van der Waals surface area contributed by atoms with Crippen molar-refractivity contribution in [2.75, 3.05) is 13.7 Å². The summed E-state index contributed by atoms with van der Waals surface area (Å²) in [5.74, 6) is -0.306. The van der Waals surface area contributed by atoms with Crippen molar-refractivity contribution in [1.82, 2.24) is 4.57 Å². The molecule has 4 N–H and O–H groups in total. The van der Waals surface area contributed by atoms with E-state index in [9.17, 15) is 9.59 Å². The van der Waals surface area contributed by atoms with Crippen LogP contribution in [0.25, 0.3) is 10.9 Å². The van der Waals surface area contributed by atoms with Crippen molar-refractivity contribution < 1.29 is 19.1 Å². The molecule has 1 aromatic heterocycles. The summed E-state index contributed by atoms with van der Waals surface area (Å²) in [6.45, 7) is 14.6. The van der Waals surface area contributed by atoms with E-state index < -0.39 is 5.91 Å². The highest BCUT2D eigenvalue weighted by molar-refractivity contribution is 7.80. The fourth-order valence-corrected chi connectivity index (χ4v) is 3.60. The molecule has 2 amide bonds. The Labute approximate surface area is 245 Å². The summed E-state index contributed by atoms with van der Waals surface area (Å²) in [4.78, 5) is 31.4. The van der Waals surface area contributed by atoms with Crippen LogP contribution < -0.4 is 11.5 Å². The number of rotatable bonds is 8. The number of hydrogen-bond acceptors (Lipinski definition) is 5. The highest BCUT2D eigenvalue weighted by Gasteiger charge is 2.18. The minimum atomic E-state index is -0.433. The van der Waals surface area contributed by atoms with Crippen molar-refractivity contribution in [2.24, 2.45) is 11.5 Å². The van der Waals surface area contributed by atoms with Gasteiger partial charge in [0.2, 0.25) is 12.3 Å². The third-order valence-corrected chi connectivity index (χ3v) is 5.10. The predicted molar refractivity (Wildman–Crippen MR) is 171 cm³/mol. The zero-order valence-corrected chi connectivity index (χ0v) is 25.5. The van der Waals surface area contributed by atoms with Crippen LogP contribution in [0.5, 0.6) is 0 Å². The van der Waals surface area contributed by atoms with Gasteiger partial charge in [0.25, 0.3) is 0 Å². The second kappa shape index (κ2) is 24.2. The first-order chi connectivity index (χ1) is 19.2. The quantitative estimate of drug-likeness (QED) is 0.128. The van der Waals surface area contributed by atoms with Gasteiger partial charge < -0.3 is 20.8 Å². The van der Waals surface area contributed by atoms with Crippen LogP contribution in [-0.2, 0) is 27.3 Å². The first-order valence-electron chi connectivity index (χ1n) is 12.9. The number of ketones is 1. The maximum atomic E-state index is 12.1. The maximum Gasteiger partial charge on any atom is 0.243 e. The Balaban J connectivity index is 0. The lowest BCUT2D eigenvalue weighted by atomic mass is 10.1. The van der Waals surface area contributed by atoms with Crippen LogP contribution in [0.1, 0.15) is 50.7 Å². The number of primary amides is 2. The lowest BCUT2D eigenvalue weighted by Gasteiger charge is -2.10. The topological polar surface area (TPSA) is 117 Å². The standard InChI is InChI=1S/C20H23NO.C6H6S.C3H7NO2.C2H6.CH3NO/c1-5-7-8-11-15(3)14-21-18(6-2)20(16(4)22)17-12-9-10-13-19(17)21;7-6-4-2-1-3-5-6;1-6-2-3(4)5;1-2;2-1-3/h5,7-13H,3,6,14H2,1-2,4H3;1-5,7H;2H2,1H3,(H2,4,5);1-2H3;1H,(H2,2,3)/b7-5-,11-8-;;;;. The van der Waals surface area contributed by atoms with E-state index in [1.54, 1.807) is 6.92 Å². The van der Waals surface area contributed by atoms with Crippen LogP contribution in [0.3, 0.4) is 0 Å². The summed E-state index contributed by atoms with van der Waals surface area (Å²) in [7, 11) is 1.42. The number of carbonyl (C=O) groups excluding carboxylic acids is 3. The van der Waals surface area contributed by atoms with Crippen LogP contribution in [0.15, 0.2) is 95.9 Å². The summed E-state index contributed by atoms with van der Waals surface area (Å²) in [5.41, 5.74) is 12.9. The molecule has 2 aromatic carbocycles. The molecule has 0 aliphatic carbocycles. The molecule has 0 atom stereocenters. The minimum Gasteiger partial charge on any atom is -0.375 e. The van der Waals surface area contributed by atoms with Crippen molar-refractivity contribution >= 4 is 41.6 Å². The van der Waals surface area contributed by atoms with Crippen LogP contribution in [0.4, 0.5) is 0 Å². The Bertz CT molecular complexity index is 1220. The van der Waals surface area contributed by atoms with Crippen LogP contribution >= 0.6 is 12.6 Å². The number of nitrogens with two attached hydrogens (primary N) is 2. The molecule has 218 valence electrons. The Hall–Kier alpha value is -3.88. The number of Topliss-reactive ketones (excluding diaryl/α,β-unsaturated/α-hetero) is 1. The van der Waals surface area contributed by atoms with Crippen LogP contribution in [-0.4, -0.2) is 36.4 Å². The molecular weight excluding hydrogens is 522 g/mol. The second-order valence-corrected chi connectivity index (χ2v) is 8.27. The van der Waals surface area contributed by atoms with Gasteiger partial charge in [0, 0.05) is 40.7 Å². The minimum absolute atomic E-state index is 0.0139. The van der Waals surface area contributed by atoms with Gasteiger partial charge >= 0.3 is 0 Å². The number of thiol groups is 1. The lowest BCUT2D eigenvalue weighted by molar-refractivity contribution is -0.121. The predicted octanol–water partition coefficient (Wildman–Crippen LogP) is 6.32. The molecule has 1 heterocycles. The lowest BCUT2D eigenvalue weighted by Crippen LogP contribution is -2.16. The number of carbonyl (C=O) groups is 3. The van der Waals surface area contributed by atoms with E-state index in [0.717, 1.165) is 39.0 Å². The number of methoxy groups -OCH3 is 1. The van der Waals surface area contributed by atoms with Gasteiger partial charge in [-0.3, -0.25) is 14.4 Å². The number of nitrogens with zero attached hydrogens (tertiary/aromatic N) is 1. The molecule has 3 rings (SSSR count). The van der Waals surface area contributed by atoms with Crippen molar-refractivity contribution in [3.8, 4) is 0 Å². The van der Waals surface area contributed by atoms with Gasteiger partial charge in [0.1, 0.15) is 6.61 Å². The summed E-state index contributed by atoms with van der Waals surface area (Å²) >= 11 is 4.08. The maximum absolute atomic E-state index is 12.1.